The van der Waals surface area contributed by atoms with Crippen LogP contribution in [-0.2, 0) is 14.8 Å². The number of hydrogen-bond donors (Lipinski definition) is 2. The van der Waals surface area contributed by atoms with Gasteiger partial charge in [-0.3, -0.25) is 4.79 Å². The molecule has 0 unspecified atom stereocenters. The van der Waals surface area contributed by atoms with Crippen molar-refractivity contribution < 1.29 is 17.9 Å². The van der Waals surface area contributed by atoms with Crippen LogP contribution in [0.5, 0.6) is 5.75 Å². The van der Waals surface area contributed by atoms with Crippen LogP contribution in [0, 0.1) is 24.2 Å². The average Bonchev–Trinajstić information content (AvgIpc) is 2.65. The molecule has 7 nitrogen and oxygen atoms in total. The number of rotatable bonds is 8. The fourth-order valence-electron chi connectivity index (χ4n) is 2.32. The molecule has 148 valence electrons. The van der Waals surface area contributed by atoms with Crippen LogP contribution >= 0.6 is 0 Å². The van der Waals surface area contributed by atoms with E-state index in [0.29, 0.717) is 29.1 Å². The molecule has 0 aliphatic carbocycles. The largest absolute Gasteiger partial charge is 0.483 e. The Morgan fingerprint density at radius 3 is 2.61 bits per heavy atom. The maximum atomic E-state index is 12.3. The normalized spacial score (nSPS) is 11.1. The fourth-order valence-corrected chi connectivity index (χ4v) is 3.62. The molecule has 0 aliphatic heterocycles. The van der Waals surface area contributed by atoms with E-state index in [-0.39, 0.29) is 23.3 Å². The van der Waals surface area contributed by atoms with E-state index in [1.165, 1.54) is 18.2 Å². The monoisotopic (exact) mass is 401 g/mol. The number of amides is 1. The van der Waals surface area contributed by atoms with Crippen molar-refractivity contribution in [3.05, 3.63) is 53.6 Å². The van der Waals surface area contributed by atoms with E-state index in [1.807, 2.05) is 19.9 Å². The van der Waals surface area contributed by atoms with Crippen LogP contribution in [0.25, 0.3) is 0 Å². The third-order valence-electron chi connectivity index (χ3n) is 3.77. The molecule has 28 heavy (non-hydrogen) atoms. The van der Waals surface area contributed by atoms with Gasteiger partial charge in [-0.1, -0.05) is 19.9 Å². The minimum Gasteiger partial charge on any atom is -0.483 e. The van der Waals surface area contributed by atoms with Crippen molar-refractivity contribution in [2.45, 2.75) is 25.7 Å². The summed E-state index contributed by atoms with van der Waals surface area (Å²) in [4.78, 5) is 12.2. The summed E-state index contributed by atoms with van der Waals surface area (Å²) in [5.41, 5.74) is 1.55. The van der Waals surface area contributed by atoms with Crippen molar-refractivity contribution in [1.29, 1.82) is 5.26 Å². The Morgan fingerprint density at radius 1 is 1.21 bits per heavy atom. The molecule has 0 radical (unpaired) electrons. The predicted octanol–water partition coefficient (Wildman–Crippen LogP) is 2.82. The van der Waals surface area contributed by atoms with Crippen LogP contribution < -0.4 is 14.8 Å². The van der Waals surface area contributed by atoms with Gasteiger partial charge in [0, 0.05) is 12.2 Å². The number of benzene rings is 2. The van der Waals surface area contributed by atoms with Crippen LogP contribution in [0.3, 0.4) is 0 Å². The second kappa shape index (κ2) is 9.35. The van der Waals surface area contributed by atoms with E-state index < -0.39 is 10.0 Å². The molecule has 1 amide bonds. The van der Waals surface area contributed by atoms with Gasteiger partial charge >= 0.3 is 0 Å². The number of carbonyl (C=O) groups is 1. The Balaban J connectivity index is 1.99. The topological polar surface area (TPSA) is 108 Å². The number of aryl methyl sites for hydroxylation is 1. The first kappa shape index (κ1) is 21.4. The number of carbonyl (C=O) groups excluding carboxylic acids is 1. The molecule has 0 aliphatic rings. The molecular formula is C20H23N3O4S. The third kappa shape index (κ3) is 6.08. The Kier molecular flexibility index (Phi) is 7.15. The van der Waals surface area contributed by atoms with Gasteiger partial charge in [-0.25, -0.2) is 13.1 Å². The summed E-state index contributed by atoms with van der Waals surface area (Å²) < 4.78 is 32.6. The van der Waals surface area contributed by atoms with E-state index in [4.69, 9.17) is 10.00 Å². The van der Waals surface area contributed by atoms with Crippen LogP contribution in [0.2, 0.25) is 0 Å². The van der Waals surface area contributed by atoms with Crippen LogP contribution in [0.1, 0.15) is 25.0 Å². The zero-order valence-corrected chi connectivity index (χ0v) is 16.8. The molecule has 0 bridgehead atoms. The summed E-state index contributed by atoms with van der Waals surface area (Å²) in [5.74, 6) is 0.236. The number of nitrogens with zero attached hydrogens (tertiary/aromatic N) is 1. The van der Waals surface area contributed by atoms with Crippen molar-refractivity contribution >= 4 is 21.6 Å². The highest BCUT2D eigenvalue weighted by Gasteiger charge is 2.16. The highest BCUT2D eigenvalue weighted by atomic mass is 32.2. The molecular weight excluding hydrogens is 378 g/mol. The maximum Gasteiger partial charge on any atom is 0.262 e. The molecule has 0 saturated carbocycles. The minimum atomic E-state index is -3.58. The van der Waals surface area contributed by atoms with Crippen molar-refractivity contribution in [3.63, 3.8) is 0 Å². The summed E-state index contributed by atoms with van der Waals surface area (Å²) >= 11 is 0. The van der Waals surface area contributed by atoms with Gasteiger partial charge < -0.3 is 10.1 Å². The van der Waals surface area contributed by atoms with E-state index >= 15 is 0 Å². The van der Waals surface area contributed by atoms with Gasteiger partial charge in [0.15, 0.2) is 6.61 Å². The number of anilines is 1. The van der Waals surface area contributed by atoms with Crippen LogP contribution in [0.15, 0.2) is 47.4 Å². The lowest BCUT2D eigenvalue weighted by Gasteiger charge is -2.12. The zero-order chi connectivity index (χ0) is 20.7. The predicted molar refractivity (Wildman–Crippen MR) is 106 cm³/mol. The average molecular weight is 401 g/mol. The Labute approximate surface area is 165 Å². The second-order valence-electron chi connectivity index (χ2n) is 6.70. The molecule has 0 heterocycles. The van der Waals surface area contributed by atoms with E-state index in [2.05, 4.69) is 10.0 Å². The lowest BCUT2D eigenvalue weighted by Crippen LogP contribution is -2.27. The van der Waals surface area contributed by atoms with E-state index in [0.717, 1.165) is 0 Å². The van der Waals surface area contributed by atoms with Crippen LogP contribution in [0.4, 0.5) is 5.69 Å². The van der Waals surface area contributed by atoms with Gasteiger partial charge in [-0.2, -0.15) is 5.26 Å². The first-order chi connectivity index (χ1) is 13.2. The molecule has 0 fully saturated rings. The van der Waals surface area contributed by atoms with Gasteiger partial charge in [-0.05, 0) is 54.8 Å². The van der Waals surface area contributed by atoms with Crippen molar-refractivity contribution in [3.8, 4) is 11.8 Å². The molecule has 8 heteroatoms. The molecule has 0 aromatic heterocycles. The van der Waals surface area contributed by atoms with Gasteiger partial charge in [0.2, 0.25) is 10.0 Å². The number of sulfonamides is 1. The van der Waals surface area contributed by atoms with Gasteiger partial charge in [0.1, 0.15) is 5.75 Å². The highest BCUT2D eigenvalue weighted by Crippen LogP contribution is 2.22. The quantitative estimate of drug-likeness (QED) is 0.707. The summed E-state index contributed by atoms with van der Waals surface area (Å²) in [6.07, 6.45) is 0. The molecule has 2 aromatic rings. The number of ether oxygens (including phenoxy) is 1. The second-order valence-corrected chi connectivity index (χ2v) is 8.47. The van der Waals surface area contributed by atoms with Gasteiger partial charge in [0.05, 0.1) is 16.5 Å². The standard InChI is InChI=1S/C20H23N3O4S/c1-14(2)12-22-28(25,26)18-7-8-19(15(3)9-18)27-13-20(24)23-17-6-4-5-16(10-17)11-21/h4-10,14,22H,12-13H2,1-3H3,(H,23,24). The lowest BCUT2D eigenvalue weighted by molar-refractivity contribution is -0.118. The smallest absolute Gasteiger partial charge is 0.262 e. The van der Waals surface area contributed by atoms with Crippen molar-refractivity contribution in [2.75, 3.05) is 18.5 Å². The maximum absolute atomic E-state index is 12.3. The van der Waals surface area contributed by atoms with E-state index in [1.54, 1.807) is 31.2 Å². The zero-order valence-electron chi connectivity index (χ0n) is 16.0. The Bertz CT molecular complexity index is 995. The van der Waals surface area contributed by atoms with Gasteiger partial charge in [0.25, 0.3) is 5.91 Å². The molecule has 2 aromatic carbocycles. The molecule has 2 rings (SSSR count). The van der Waals surface area contributed by atoms with Crippen molar-refractivity contribution in [2.24, 2.45) is 5.92 Å². The lowest BCUT2D eigenvalue weighted by atomic mass is 10.2. The summed E-state index contributed by atoms with van der Waals surface area (Å²) in [5, 5.41) is 11.5. The molecule has 2 N–H and O–H groups in total. The van der Waals surface area contributed by atoms with Gasteiger partial charge in [-0.15, -0.1) is 0 Å². The number of nitriles is 1. The molecule has 0 spiro atoms. The first-order valence-electron chi connectivity index (χ1n) is 8.74. The SMILES string of the molecule is Cc1cc(S(=O)(=O)NCC(C)C)ccc1OCC(=O)Nc1cccc(C#N)c1. The summed E-state index contributed by atoms with van der Waals surface area (Å²) in [6.45, 7) is 5.67. The first-order valence-corrected chi connectivity index (χ1v) is 10.2. The van der Waals surface area contributed by atoms with Crippen molar-refractivity contribution in [1.82, 2.24) is 4.72 Å². The van der Waals surface area contributed by atoms with Crippen LogP contribution in [-0.4, -0.2) is 27.5 Å². The minimum absolute atomic E-state index is 0.149. The highest BCUT2D eigenvalue weighted by molar-refractivity contribution is 7.89. The number of hydrogen-bond acceptors (Lipinski definition) is 5. The Morgan fingerprint density at radius 2 is 1.96 bits per heavy atom. The molecule has 0 atom stereocenters. The third-order valence-corrected chi connectivity index (χ3v) is 5.19. The summed E-state index contributed by atoms with van der Waals surface area (Å²) in [6, 6.07) is 13.0. The fraction of sp³-hybridized carbons (Fsp3) is 0.300. The summed E-state index contributed by atoms with van der Waals surface area (Å²) in [7, 11) is -3.58. The Hall–Kier alpha value is -2.89. The molecule has 0 saturated heterocycles. The van der Waals surface area contributed by atoms with E-state index in [9.17, 15) is 13.2 Å². The number of nitrogens with one attached hydrogen (secondary N) is 2.